The number of nitrogens with zero attached hydrogens (tertiary/aromatic N) is 2. The second-order valence-electron chi connectivity index (χ2n) is 7.57. The standard InChI is InChI=1S/C23H23ClN4O3/c1-2-11-25-23(31)28-20(14-3-4-14)13-19(27-28)18-12-17(9-10-21(18)29)26-22(30)15-5-7-16(24)8-6-15/h5-10,12-14,29H,2-4,11H2,1H3,(H,25,31)(H,26,30). The van der Waals surface area contributed by atoms with Crippen molar-refractivity contribution in [1.29, 1.82) is 0 Å². The highest BCUT2D eigenvalue weighted by Crippen LogP contribution is 2.42. The molecule has 1 heterocycles. The Kier molecular flexibility index (Phi) is 5.95. The molecule has 3 aromatic rings. The summed E-state index contributed by atoms with van der Waals surface area (Å²) < 4.78 is 1.39. The van der Waals surface area contributed by atoms with E-state index in [1.807, 2.05) is 13.0 Å². The Labute approximate surface area is 185 Å². The third-order valence-electron chi connectivity index (χ3n) is 5.09. The lowest BCUT2D eigenvalue weighted by Crippen LogP contribution is -2.31. The topological polar surface area (TPSA) is 96.3 Å². The molecule has 7 nitrogen and oxygen atoms in total. The van der Waals surface area contributed by atoms with E-state index in [1.54, 1.807) is 36.4 Å². The molecule has 0 saturated heterocycles. The third-order valence-corrected chi connectivity index (χ3v) is 5.34. The molecule has 0 bridgehead atoms. The van der Waals surface area contributed by atoms with Gasteiger partial charge in [-0.05, 0) is 67.8 Å². The summed E-state index contributed by atoms with van der Waals surface area (Å²) in [6.07, 6.45) is 2.85. The summed E-state index contributed by atoms with van der Waals surface area (Å²) in [5.41, 5.74) is 2.72. The van der Waals surface area contributed by atoms with E-state index in [0.29, 0.717) is 40.0 Å². The normalized spacial score (nSPS) is 13.1. The van der Waals surface area contributed by atoms with Gasteiger partial charge in [-0.15, -0.1) is 0 Å². The molecule has 0 unspecified atom stereocenters. The number of carbonyl (C=O) groups is 2. The first-order valence-corrected chi connectivity index (χ1v) is 10.6. The van der Waals surface area contributed by atoms with Crippen LogP contribution in [-0.2, 0) is 0 Å². The number of halogens is 1. The smallest absolute Gasteiger partial charge is 0.342 e. The van der Waals surface area contributed by atoms with Crippen LogP contribution in [0.2, 0.25) is 5.02 Å². The van der Waals surface area contributed by atoms with Gasteiger partial charge in [0.05, 0.1) is 11.4 Å². The van der Waals surface area contributed by atoms with Gasteiger partial charge in [-0.1, -0.05) is 18.5 Å². The summed E-state index contributed by atoms with van der Waals surface area (Å²) in [6, 6.07) is 12.9. The monoisotopic (exact) mass is 438 g/mol. The van der Waals surface area contributed by atoms with Gasteiger partial charge in [0.1, 0.15) is 5.75 Å². The molecule has 160 valence electrons. The van der Waals surface area contributed by atoms with E-state index >= 15 is 0 Å². The third kappa shape index (κ3) is 4.72. The maximum atomic E-state index is 12.5. The Hall–Kier alpha value is -3.32. The molecule has 2 amide bonds. The highest BCUT2D eigenvalue weighted by atomic mass is 35.5. The molecular weight excluding hydrogens is 416 g/mol. The van der Waals surface area contributed by atoms with Crippen molar-refractivity contribution in [2.24, 2.45) is 0 Å². The van der Waals surface area contributed by atoms with Crippen LogP contribution in [0.1, 0.15) is 48.2 Å². The highest BCUT2D eigenvalue weighted by Gasteiger charge is 2.30. The molecule has 2 aromatic carbocycles. The Morgan fingerprint density at radius 3 is 2.58 bits per heavy atom. The zero-order valence-electron chi connectivity index (χ0n) is 17.1. The lowest BCUT2D eigenvalue weighted by Gasteiger charge is -2.08. The van der Waals surface area contributed by atoms with Crippen LogP contribution in [0, 0.1) is 0 Å². The quantitative estimate of drug-likeness (QED) is 0.471. The molecular formula is C23H23ClN4O3. The second-order valence-corrected chi connectivity index (χ2v) is 8.00. The van der Waals surface area contributed by atoms with E-state index in [4.69, 9.17) is 11.6 Å². The van der Waals surface area contributed by atoms with Crippen molar-refractivity contribution in [1.82, 2.24) is 15.1 Å². The molecule has 4 rings (SSSR count). The largest absolute Gasteiger partial charge is 0.507 e. The average molecular weight is 439 g/mol. The summed E-state index contributed by atoms with van der Waals surface area (Å²) in [7, 11) is 0. The van der Waals surface area contributed by atoms with Crippen molar-refractivity contribution in [3.63, 3.8) is 0 Å². The van der Waals surface area contributed by atoms with Gasteiger partial charge in [-0.3, -0.25) is 4.79 Å². The van der Waals surface area contributed by atoms with Crippen LogP contribution in [0.3, 0.4) is 0 Å². The van der Waals surface area contributed by atoms with Gasteiger partial charge in [0, 0.05) is 34.3 Å². The number of phenols is 1. The van der Waals surface area contributed by atoms with Crippen molar-refractivity contribution >= 4 is 29.2 Å². The number of aromatic nitrogens is 2. The number of anilines is 1. The number of carbonyl (C=O) groups excluding carboxylic acids is 2. The maximum Gasteiger partial charge on any atom is 0.342 e. The van der Waals surface area contributed by atoms with Crippen molar-refractivity contribution in [2.45, 2.75) is 32.1 Å². The second kappa shape index (κ2) is 8.81. The Bertz CT molecular complexity index is 1120. The van der Waals surface area contributed by atoms with E-state index in [2.05, 4.69) is 15.7 Å². The summed E-state index contributed by atoms with van der Waals surface area (Å²) in [6.45, 7) is 2.55. The average Bonchev–Trinajstić information content (AvgIpc) is 3.52. The van der Waals surface area contributed by atoms with E-state index in [1.165, 1.54) is 10.7 Å². The van der Waals surface area contributed by atoms with Crippen LogP contribution >= 0.6 is 11.6 Å². The van der Waals surface area contributed by atoms with Crippen LogP contribution in [0.15, 0.2) is 48.5 Å². The van der Waals surface area contributed by atoms with E-state index in [-0.39, 0.29) is 17.7 Å². The first-order chi connectivity index (χ1) is 15.0. The number of amides is 2. The Morgan fingerprint density at radius 2 is 1.90 bits per heavy atom. The fourth-order valence-corrected chi connectivity index (χ4v) is 3.42. The first kappa shape index (κ1) is 20.9. The fourth-order valence-electron chi connectivity index (χ4n) is 3.29. The van der Waals surface area contributed by atoms with Crippen LogP contribution in [0.25, 0.3) is 11.3 Å². The van der Waals surface area contributed by atoms with Gasteiger partial charge in [-0.25, -0.2) is 4.79 Å². The molecule has 31 heavy (non-hydrogen) atoms. The minimum Gasteiger partial charge on any atom is -0.507 e. The maximum absolute atomic E-state index is 12.5. The molecule has 0 aliphatic heterocycles. The van der Waals surface area contributed by atoms with E-state index in [0.717, 1.165) is 25.0 Å². The molecule has 0 radical (unpaired) electrons. The summed E-state index contributed by atoms with van der Waals surface area (Å²) in [5.74, 6) is 0.0189. The molecule has 1 saturated carbocycles. The number of nitrogens with one attached hydrogen (secondary N) is 2. The highest BCUT2D eigenvalue weighted by molar-refractivity contribution is 6.30. The molecule has 1 aromatic heterocycles. The predicted octanol–water partition coefficient (Wildman–Crippen LogP) is 5.01. The van der Waals surface area contributed by atoms with Crippen molar-refractivity contribution in [3.8, 4) is 17.0 Å². The molecule has 1 aliphatic carbocycles. The van der Waals surface area contributed by atoms with E-state index < -0.39 is 0 Å². The van der Waals surface area contributed by atoms with Gasteiger partial charge in [-0.2, -0.15) is 9.78 Å². The van der Waals surface area contributed by atoms with Crippen molar-refractivity contribution < 1.29 is 14.7 Å². The number of hydrogen-bond donors (Lipinski definition) is 3. The van der Waals surface area contributed by atoms with Crippen LogP contribution in [0.4, 0.5) is 10.5 Å². The molecule has 1 aliphatic rings. The zero-order chi connectivity index (χ0) is 22.0. The Balaban J connectivity index is 1.61. The predicted molar refractivity (Wildman–Crippen MR) is 120 cm³/mol. The van der Waals surface area contributed by atoms with Crippen LogP contribution in [-0.4, -0.2) is 33.4 Å². The number of aromatic hydroxyl groups is 1. The molecule has 1 fully saturated rings. The molecule has 8 heteroatoms. The molecule has 0 spiro atoms. The number of benzene rings is 2. The van der Waals surface area contributed by atoms with Gasteiger partial charge >= 0.3 is 6.03 Å². The van der Waals surface area contributed by atoms with Gasteiger partial charge in [0.15, 0.2) is 0 Å². The fraction of sp³-hybridized carbons (Fsp3) is 0.261. The summed E-state index contributed by atoms with van der Waals surface area (Å²) in [4.78, 5) is 25.1. The lowest BCUT2D eigenvalue weighted by atomic mass is 10.1. The zero-order valence-corrected chi connectivity index (χ0v) is 17.8. The Morgan fingerprint density at radius 1 is 1.16 bits per heavy atom. The van der Waals surface area contributed by atoms with E-state index in [9.17, 15) is 14.7 Å². The minimum absolute atomic E-state index is 0.0189. The number of hydrogen-bond acceptors (Lipinski definition) is 4. The number of phenolic OH excluding ortho intramolecular Hbond substituents is 1. The summed E-state index contributed by atoms with van der Waals surface area (Å²) >= 11 is 5.88. The van der Waals surface area contributed by atoms with Crippen molar-refractivity contribution in [3.05, 3.63) is 64.8 Å². The van der Waals surface area contributed by atoms with Gasteiger partial charge < -0.3 is 15.7 Å². The molecule has 0 atom stereocenters. The van der Waals surface area contributed by atoms with Crippen LogP contribution in [0.5, 0.6) is 5.75 Å². The first-order valence-electron chi connectivity index (χ1n) is 10.2. The SMILES string of the molecule is CCCNC(=O)n1nc(-c2cc(NC(=O)c3ccc(Cl)cc3)ccc2O)cc1C1CC1. The number of rotatable bonds is 6. The van der Waals surface area contributed by atoms with Crippen molar-refractivity contribution in [2.75, 3.05) is 11.9 Å². The minimum atomic E-state index is -0.295. The van der Waals surface area contributed by atoms with Gasteiger partial charge in [0.25, 0.3) is 5.91 Å². The molecule has 3 N–H and O–H groups in total. The summed E-state index contributed by atoms with van der Waals surface area (Å²) in [5, 5.41) is 21.1. The van der Waals surface area contributed by atoms with Crippen LogP contribution < -0.4 is 10.6 Å². The lowest BCUT2D eigenvalue weighted by molar-refractivity contribution is 0.102. The van der Waals surface area contributed by atoms with Gasteiger partial charge in [0.2, 0.25) is 0 Å².